The molecule has 27 heavy (non-hydrogen) atoms. The predicted molar refractivity (Wildman–Crippen MR) is 92.3 cm³/mol. The number of methoxy groups -OCH3 is 1. The number of amides is 2. The number of anilines is 1. The van der Waals surface area contributed by atoms with Gasteiger partial charge in [-0.05, 0) is 24.3 Å². The third kappa shape index (κ3) is 4.54. The van der Waals surface area contributed by atoms with Crippen molar-refractivity contribution in [3.05, 3.63) is 47.1 Å². The van der Waals surface area contributed by atoms with Crippen molar-refractivity contribution in [3.63, 3.8) is 0 Å². The zero-order valence-corrected chi connectivity index (χ0v) is 14.8. The van der Waals surface area contributed by atoms with Crippen LogP contribution in [-0.4, -0.2) is 42.2 Å². The normalized spacial score (nSPS) is 14.5. The fourth-order valence-corrected chi connectivity index (χ4v) is 2.64. The average molecular weight is 402 g/mol. The summed E-state index contributed by atoms with van der Waals surface area (Å²) < 4.78 is 48.7. The molecule has 3 rings (SSSR count). The lowest BCUT2D eigenvalue weighted by atomic mass is 10.2. The van der Waals surface area contributed by atoms with Crippen LogP contribution in [0.2, 0.25) is 5.02 Å². The summed E-state index contributed by atoms with van der Waals surface area (Å²) in [6.07, 6.45) is -3.87. The van der Waals surface area contributed by atoms with Crippen LogP contribution < -0.4 is 14.8 Å². The van der Waals surface area contributed by atoms with Gasteiger partial charge in [-0.25, -0.2) is 9.78 Å². The minimum absolute atomic E-state index is 0.133. The molecule has 144 valence electrons. The SMILES string of the molecule is COc1ccc(Cl)cc1NC(=O)N1CC(Oc2cc(C(F)(F)F)ccn2)C1. The summed E-state index contributed by atoms with van der Waals surface area (Å²) in [5.74, 6) is 0.320. The largest absolute Gasteiger partial charge is 0.495 e. The molecule has 1 aromatic heterocycles. The maximum atomic E-state index is 12.7. The van der Waals surface area contributed by atoms with Crippen molar-refractivity contribution in [1.82, 2.24) is 9.88 Å². The lowest BCUT2D eigenvalue weighted by molar-refractivity contribution is -0.137. The first kappa shape index (κ1) is 19.1. The molecule has 1 saturated heterocycles. The third-order valence-corrected chi connectivity index (χ3v) is 4.12. The Bertz CT molecular complexity index is 842. The number of urea groups is 1. The summed E-state index contributed by atoms with van der Waals surface area (Å²) in [6.45, 7) is 0.430. The third-order valence-electron chi connectivity index (χ3n) is 3.89. The number of pyridine rings is 1. The Kier molecular flexibility index (Phi) is 5.31. The van der Waals surface area contributed by atoms with Crippen molar-refractivity contribution in [2.24, 2.45) is 0 Å². The molecule has 10 heteroatoms. The van der Waals surface area contributed by atoms with Gasteiger partial charge in [0, 0.05) is 17.3 Å². The van der Waals surface area contributed by atoms with Crippen LogP contribution in [0.25, 0.3) is 0 Å². The number of benzene rings is 1. The molecule has 0 unspecified atom stereocenters. The summed E-state index contributed by atoms with van der Waals surface area (Å²) in [4.78, 5) is 17.5. The quantitative estimate of drug-likeness (QED) is 0.839. The fraction of sp³-hybridized carbons (Fsp3) is 0.294. The smallest absolute Gasteiger partial charge is 0.416 e. The number of rotatable bonds is 4. The van der Waals surface area contributed by atoms with E-state index < -0.39 is 23.9 Å². The molecule has 2 aromatic rings. The van der Waals surface area contributed by atoms with Gasteiger partial charge in [0.05, 0.1) is 31.5 Å². The van der Waals surface area contributed by atoms with Gasteiger partial charge in [0.25, 0.3) is 0 Å². The van der Waals surface area contributed by atoms with Crippen molar-refractivity contribution < 1.29 is 27.4 Å². The van der Waals surface area contributed by atoms with Gasteiger partial charge in [-0.15, -0.1) is 0 Å². The average Bonchev–Trinajstić information content (AvgIpc) is 2.57. The van der Waals surface area contributed by atoms with E-state index in [1.54, 1.807) is 18.2 Å². The summed E-state index contributed by atoms with van der Waals surface area (Å²) in [6, 6.07) is 6.11. The van der Waals surface area contributed by atoms with Gasteiger partial charge >= 0.3 is 12.2 Å². The minimum Gasteiger partial charge on any atom is -0.495 e. The zero-order chi connectivity index (χ0) is 19.6. The van der Waals surface area contributed by atoms with E-state index in [1.807, 2.05) is 0 Å². The fourth-order valence-electron chi connectivity index (χ4n) is 2.47. The van der Waals surface area contributed by atoms with Crippen LogP contribution in [0.3, 0.4) is 0 Å². The highest BCUT2D eigenvalue weighted by atomic mass is 35.5. The standard InChI is InChI=1S/C17H15ClF3N3O3/c1-26-14-3-2-11(18)7-13(14)23-16(25)24-8-12(9-24)27-15-6-10(4-5-22-15)17(19,20)21/h2-7,12H,8-9H2,1H3,(H,23,25). The highest BCUT2D eigenvalue weighted by molar-refractivity contribution is 6.31. The van der Waals surface area contributed by atoms with E-state index in [0.717, 1.165) is 18.3 Å². The van der Waals surface area contributed by atoms with Gasteiger partial charge in [0.15, 0.2) is 0 Å². The van der Waals surface area contributed by atoms with E-state index in [4.69, 9.17) is 21.1 Å². The molecular weight excluding hydrogens is 387 g/mol. The lowest BCUT2D eigenvalue weighted by Gasteiger charge is -2.38. The van der Waals surface area contributed by atoms with Crippen LogP contribution >= 0.6 is 11.6 Å². The number of nitrogens with zero attached hydrogens (tertiary/aromatic N) is 2. The summed E-state index contributed by atoms with van der Waals surface area (Å²) in [7, 11) is 1.47. The van der Waals surface area contributed by atoms with E-state index >= 15 is 0 Å². The number of hydrogen-bond acceptors (Lipinski definition) is 4. The summed E-state index contributed by atoms with van der Waals surface area (Å²) in [5.41, 5.74) is -0.423. The molecule has 0 spiro atoms. The molecule has 2 amide bonds. The van der Waals surface area contributed by atoms with Crippen molar-refractivity contribution in [2.45, 2.75) is 12.3 Å². The molecule has 2 heterocycles. The monoisotopic (exact) mass is 401 g/mol. The Balaban J connectivity index is 1.55. The molecule has 1 aromatic carbocycles. The van der Waals surface area contributed by atoms with Gasteiger partial charge in [-0.2, -0.15) is 13.2 Å². The number of halogens is 4. The Hall–Kier alpha value is -2.68. The number of carbonyl (C=O) groups is 1. The van der Waals surface area contributed by atoms with Crippen molar-refractivity contribution in [1.29, 1.82) is 0 Å². The molecule has 1 aliphatic rings. The Morgan fingerprint density at radius 3 is 2.70 bits per heavy atom. The van der Waals surface area contributed by atoms with Crippen LogP contribution in [-0.2, 0) is 6.18 Å². The molecule has 0 radical (unpaired) electrons. The van der Waals surface area contributed by atoms with Gasteiger partial charge in [0.1, 0.15) is 11.9 Å². The van der Waals surface area contributed by atoms with Crippen LogP contribution in [0.5, 0.6) is 11.6 Å². The van der Waals surface area contributed by atoms with Gasteiger partial charge in [-0.1, -0.05) is 11.6 Å². The first-order valence-corrected chi connectivity index (χ1v) is 8.23. The Morgan fingerprint density at radius 1 is 1.30 bits per heavy atom. The van der Waals surface area contributed by atoms with E-state index in [-0.39, 0.29) is 19.0 Å². The number of ether oxygens (including phenoxy) is 2. The van der Waals surface area contributed by atoms with E-state index in [2.05, 4.69) is 10.3 Å². The number of carbonyl (C=O) groups excluding carboxylic acids is 1. The molecule has 1 N–H and O–H groups in total. The lowest BCUT2D eigenvalue weighted by Crippen LogP contribution is -2.57. The first-order chi connectivity index (χ1) is 12.8. The van der Waals surface area contributed by atoms with E-state index in [1.165, 1.54) is 12.0 Å². The predicted octanol–water partition coefficient (Wildman–Crippen LogP) is 4.06. The summed E-state index contributed by atoms with van der Waals surface area (Å²) >= 11 is 5.92. The van der Waals surface area contributed by atoms with Crippen LogP contribution in [0.15, 0.2) is 36.5 Å². The molecule has 1 fully saturated rings. The van der Waals surface area contributed by atoms with Gasteiger partial charge in [0.2, 0.25) is 5.88 Å². The maximum Gasteiger partial charge on any atom is 0.416 e. The second-order valence-corrected chi connectivity index (χ2v) is 6.24. The first-order valence-electron chi connectivity index (χ1n) is 7.85. The number of alkyl halides is 3. The maximum absolute atomic E-state index is 12.7. The molecular formula is C17H15ClF3N3O3. The number of aromatic nitrogens is 1. The Morgan fingerprint density at radius 2 is 2.04 bits per heavy atom. The van der Waals surface area contributed by atoms with Crippen LogP contribution in [0.1, 0.15) is 5.56 Å². The molecule has 0 saturated carbocycles. The zero-order valence-electron chi connectivity index (χ0n) is 14.1. The molecule has 0 atom stereocenters. The van der Waals surface area contributed by atoms with Crippen LogP contribution in [0.4, 0.5) is 23.7 Å². The molecule has 6 nitrogen and oxygen atoms in total. The highest BCUT2D eigenvalue weighted by Crippen LogP contribution is 2.31. The minimum atomic E-state index is -4.47. The second-order valence-electron chi connectivity index (χ2n) is 5.80. The summed E-state index contributed by atoms with van der Waals surface area (Å²) in [5, 5.41) is 3.11. The number of likely N-dealkylation sites (tertiary alicyclic amines) is 1. The highest BCUT2D eigenvalue weighted by Gasteiger charge is 2.34. The molecule has 1 aliphatic heterocycles. The molecule has 0 aliphatic carbocycles. The van der Waals surface area contributed by atoms with Crippen molar-refractivity contribution >= 4 is 23.3 Å². The van der Waals surface area contributed by atoms with Crippen LogP contribution in [0, 0.1) is 0 Å². The molecule has 0 bridgehead atoms. The number of nitrogens with one attached hydrogen (secondary N) is 1. The van der Waals surface area contributed by atoms with Crippen molar-refractivity contribution in [3.8, 4) is 11.6 Å². The van der Waals surface area contributed by atoms with E-state index in [9.17, 15) is 18.0 Å². The Labute approximate surface area is 157 Å². The second kappa shape index (κ2) is 7.51. The van der Waals surface area contributed by atoms with Gasteiger partial charge in [-0.3, -0.25) is 0 Å². The van der Waals surface area contributed by atoms with Gasteiger partial charge < -0.3 is 19.7 Å². The number of hydrogen-bond donors (Lipinski definition) is 1. The van der Waals surface area contributed by atoms with Crippen molar-refractivity contribution in [2.75, 3.05) is 25.5 Å². The topological polar surface area (TPSA) is 63.7 Å². The van der Waals surface area contributed by atoms with E-state index in [0.29, 0.717) is 16.5 Å².